The summed E-state index contributed by atoms with van der Waals surface area (Å²) >= 11 is 0. The zero-order chi connectivity index (χ0) is 37.9. The molecule has 2 aromatic carbocycles. The molecule has 2 aromatic rings. The quantitative estimate of drug-likeness (QED) is 0.220. The van der Waals surface area contributed by atoms with E-state index in [-0.39, 0.29) is 46.9 Å². The third-order valence-electron chi connectivity index (χ3n) is 9.75. The molecular formula is C38H55F2N3O7Si. The number of ether oxygens (including phenoxy) is 2. The molecular weight excluding hydrogens is 677 g/mol. The summed E-state index contributed by atoms with van der Waals surface area (Å²) < 4.78 is 48.4. The number of hydrogen-bond donors (Lipinski definition) is 2. The third kappa shape index (κ3) is 10.5. The largest absolute Gasteiger partial charge is 0.508 e. The van der Waals surface area contributed by atoms with Crippen LogP contribution in [0.2, 0.25) is 18.1 Å². The SMILES string of the molecule is CCCOC1CC(C(O[Si](C)(C)C(C)(C)C)C(Cc2cc(F)cc(F)c2)NC(=O)c2cc(O)cc(N3CCCC3=O)c2)N(C(=O)OC(C)(C)C)C1. The van der Waals surface area contributed by atoms with Crippen molar-refractivity contribution in [1.82, 2.24) is 10.2 Å². The van der Waals surface area contributed by atoms with Crippen molar-refractivity contribution >= 4 is 31.9 Å². The van der Waals surface area contributed by atoms with Crippen molar-refractivity contribution < 1.29 is 42.2 Å². The number of likely N-dealkylation sites (tertiary alicyclic amines) is 1. The van der Waals surface area contributed by atoms with E-state index in [2.05, 4.69) is 39.2 Å². The molecule has 2 aliphatic rings. The van der Waals surface area contributed by atoms with Gasteiger partial charge in [0.15, 0.2) is 8.32 Å². The van der Waals surface area contributed by atoms with E-state index in [1.54, 1.807) is 25.7 Å². The topological polar surface area (TPSA) is 118 Å². The van der Waals surface area contributed by atoms with Crippen LogP contribution in [0.4, 0.5) is 19.3 Å². The minimum Gasteiger partial charge on any atom is -0.508 e. The molecule has 2 heterocycles. The summed E-state index contributed by atoms with van der Waals surface area (Å²) in [5.41, 5.74) is -0.0356. The van der Waals surface area contributed by atoms with Gasteiger partial charge in [-0.05, 0) is 94.4 Å². The smallest absolute Gasteiger partial charge is 0.410 e. The molecule has 0 radical (unpaired) electrons. The molecule has 51 heavy (non-hydrogen) atoms. The van der Waals surface area contributed by atoms with Crippen LogP contribution in [0.5, 0.6) is 5.75 Å². The van der Waals surface area contributed by atoms with Crippen LogP contribution >= 0.6 is 0 Å². The van der Waals surface area contributed by atoms with Crippen LogP contribution in [-0.2, 0) is 25.1 Å². The maximum Gasteiger partial charge on any atom is 0.410 e. The van der Waals surface area contributed by atoms with Crippen molar-refractivity contribution in [3.63, 3.8) is 0 Å². The molecule has 0 aromatic heterocycles. The number of hydrogen-bond acceptors (Lipinski definition) is 7. The Morgan fingerprint density at radius 1 is 1.04 bits per heavy atom. The van der Waals surface area contributed by atoms with Crippen LogP contribution < -0.4 is 10.2 Å². The predicted molar refractivity (Wildman–Crippen MR) is 194 cm³/mol. The number of benzene rings is 2. The third-order valence-corrected chi connectivity index (χ3v) is 14.2. The molecule has 3 amide bonds. The first-order valence-corrected chi connectivity index (χ1v) is 20.8. The standard InChI is InChI=1S/C38H55F2N3O7Si/c1-10-14-48-30-22-32(43(23-30)36(47)49-37(2,3)4)34(50-51(8,9)38(5,6)7)31(17-24-15-26(39)20-27(40)16-24)41-35(46)25-18-28(21-29(44)19-25)42-13-11-12-33(42)45/h15-16,18-21,30-32,34,44H,10-14,17,22-23H2,1-9H3,(H,41,46). The molecule has 2 aliphatic heterocycles. The Morgan fingerprint density at radius 2 is 1.71 bits per heavy atom. The minimum absolute atomic E-state index is 0.0465. The summed E-state index contributed by atoms with van der Waals surface area (Å²) in [6.45, 7) is 18.9. The minimum atomic E-state index is -2.67. The molecule has 13 heteroatoms. The van der Waals surface area contributed by atoms with Crippen molar-refractivity contribution in [2.24, 2.45) is 0 Å². The van der Waals surface area contributed by atoms with Crippen molar-refractivity contribution in [1.29, 1.82) is 0 Å². The van der Waals surface area contributed by atoms with Gasteiger partial charge in [0.1, 0.15) is 23.0 Å². The number of anilines is 1. The Bertz CT molecular complexity index is 1560. The molecule has 2 fully saturated rings. The predicted octanol–water partition coefficient (Wildman–Crippen LogP) is 7.33. The normalized spacial score (nSPS) is 19.7. The van der Waals surface area contributed by atoms with E-state index in [1.165, 1.54) is 35.2 Å². The number of carbonyl (C=O) groups is 3. The number of phenolic OH excluding ortho intramolecular Hbond substituents is 1. The highest BCUT2D eigenvalue weighted by atomic mass is 28.4. The number of nitrogens with one attached hydrogen (secondary N) is 1. The highest BCUT2D eigenvalue weighted by molar-refractivity contribution is 6.74. The summed E-state index contributed by atoms with van der Waals surface area (Å²) in [5, 5.41) is 13.4. The summed E-state index contributed by atoms with van der Waals surface area (Å²) in [4.78, 5) is 43.7. The maximum absolute atomic E-state index is 14.6. The van der Waals surface area contributed by atoms with Crippen LogP contribution in [0, 0.1) is 11.6 Å². The molecule has 10 nitrogen and oxygen atoms in total. The molecule has 0 saturated carbocycles. The van der Waals surface area contributed by atoms with Crippen LogP contribution in [0.15, 0.2) is 36.4 Å². The van der Waals surface area contributed by atoms with Gasteiger partial charge in [0.05, 0.1) is 30.8 Å². The van der Waals surface area contributed by atoms with Gasteiger partial charge in [0.25, 0.3) is 5.91 Å². The van der Waals surface area contributed by atoms with E-state index in [1.807, 2.05) is 6.92 Å². The zero-order valence-electron chi connectivity index (χ0n) is 31.5. The van der Waals surface area contributed by atoms with Crippen LogP contribution in [0.3, 0.4) is 0 Å². The molecule has 0 aliphatic carbocycles. The molecule has 4 rings (SSSR count). The average Bonchev–Trinajstić information content (AvgIpc) is 3.62. The lowest BCUT2D eigenvalue weighted by Crippen LogP contribution is -2.60. The van der Waals surface area contributed by atoms with Gasteiger partial charge in [0.2, 0.25) is 5.91 Å². The Labute approximate surface area is 301 Å². The van der Waals surface area contributed by atoms with Crippen LogP contribution in [0.1, 0.15) is 90.1 Å². The fraction of sp³-hybridized carbons (Fsp3) is 0.605. The summed E-state index contributed by atoms with van der Waals surface area (Å²) in [6, 6.07) is 5.91. The van der Waals surface area contributed by atoms with E-state index in [4.69, 9.17) is 13.9 Å². The average molecular weight is 732 g/mol. The van der Waals surface area contributed by atoms with E-state index >= 15 is 0 Å². The van der Waals surface area contributed by atoms with Gasteiger partial charge in [-0.15, -0.1) is 0 Å². The monoisotopic (exact) mass is 731 g/mol. The number of rotatable bonds is 12. The first-order chi connectivity index (χ1) is 23.7. The second-order valence-electron chi connectivity index (χ2n) is 16.2. The van der Waals surface area contributed by atoms with Crippen molar-refractivity contribution in [3.8, 4) is 5.75 Å². The van der Waals surface area contributed by atoms with Crippen molar-refractivity contribution in [2.75, 3.05) is 24.6 Å². The van der Waals surface area contributed by atoms with Gasteiger partial charge in [-0.3, -0.25) is 14.5 Å². The lowest BCUT2D eigenvalue weighted by atomic mass is 9.94. The number of halogens is 2. The maximum atomic E-state index is 14.6. The molecule has 0 bridgehead atoms. The van der Waals surface area contributed by atoms with Crippen LogP contribution in [0.25, 0.3) is 0 Å². The molecule has 4 atom stereocenters. The Kier molecular flexibility index (Phi) is 12.6. The number of nitrogens with zero attached hydrogens (tertiary/aromatic N) is 2. The Morgan fingerprint density at radius 3 is 2.27 bits per heavy atom. The number of carbonyl (C=O) groups excluding carboxylic acids is 3. The van der Waals surface area contributed by atoms with Gasteiger partial charge >= 0.3 is 6.09 Å². The van der Waals surface area contributed by atoms with E-state index in [0.717, 1.165) is 12.5 Å². The van der Waals surface area contributed by atoms with Gasteiger partial charge in [-0.25, -0.2) is 13.6 Å². The van der Waals surface area contributed by atoms with E-state index in [0.29, 0.717) is 38.1 Å². The fourth-order valence-corrected chi connectivity index (χ4v) is 7.66. The summed E-state index contributed by atoms with van der Waals surface area (Å²) in [7, 11) is -2.67. The fourth-order valence-electron chi connectivity index (χ4n) is 6.31. The molecule has 2 saturated heterocycles. The highest BCUT2D eigenvalue weighted by Gasteiger charge is 2.49. The second kappa shape index (κ2) is 16.0. The Hall–Kier alpha value is -3.55. The van der Waals surface area contributed by atoms with Crippen LogP contribution in [-0.4, -0.2) is 85.8 Å². The number of phenols is 1. The Balaban J connectivity index is 1.84. The van der Waals surface area contributed by atoms with Gasteiger partial charge in [-0.2, -0.15) is 0 Å². The second-order valence-corrected chi connectivity index (χ2v) is 21.0. The van der Waals surface area contributed by atoms with E-state index in [9.17, 15) is 28.3 Å². The summed E-state index contributed by atoms with van der Waals surface area (Å²) in [6.07, 6.45) is 0.347. The van der Waals surface area contributed by atoms with Gasteiger partial charge < -0.3 is 29.2 Å². The van der Waals surface area contributed by atoms with E-state index < -0.39 is 55.7 Å². The molecule has 4 unspecified atom stereocenters. The molecule has 282 valence electrons. The summed E-state index contributed by atoms with van der Waals surface area (Å²) in [5.74, 6) is -2.43. The zero-order valence-corrected chi connectivity index (χ0v) is 32.5. The van der Waals surface area contributed by atoms with Crippen molar-refractivity contribution in [3.05, 3.63) is 59.2 Å². The van der Waals surface area contributed by atoms with Crippen molar-refractivity contribution in [2.45, 2.75) is 129 Å². The lowest BCUT2D eigenvalue weighted by molar-refractivity contribution is -0.117. The molecule has 2 N–H and O–H groups in total. The number of amides is 3. The van der Waals surface area contributed by atoms with Gasteiger partial charge in [0, 0.05) is 43.0 Å². The molecule has 0 spiro atoms. The highest BCUT2D eigenvalue weighted by Crippen LogP contribution is 2.40. The lowest BCUT2D eigenvalue weighted by Gasteiger charge is -2.45. The first kappa shape index (κ1) is 40.2. The number of aromatic hydroxyl groups is 1. The first-order valence-electron chi connectivity index (χ1n) is 17.9. The van der Waals surface area contributed by atoms with Gasteiger partial charge in [-0.1, -0.05) is 27.7 Å².